The fourth-order valence-corrected chi connectivity index (χ4v) is 2.56. The fraction of sp³-hybridized carbons (Fsp3) is 0.357. The predicted octanol–water partition coefficient (Wildman–Crippen LogP) is 2.64. The molecule has 0 unspecified atom stereocenters. The number of carbonyl (C=O) groups excluding carboxylic acids is 1. The van der Waals surface area contributed by atoms with Gasteiger partial charge >= 0.3 is 5.97 Å². The first kappa shape index (κ1) is 15.2. The Balaban J connectivity index is 2.29. The van der Waals surface area contributed by atoms with E-state index in [0.717, 1.165) is 5.01 Å². The standard InChI is InChI=1S/C14H18N4O2S/c1-4-20-12(19)9-5-6-16-11(10(9)15)18-14(2,3)13-17-7-8-21-13/h5-8H,4,15H2,1-3H3,(H,16,18). The van der Waals surface area contributed by atoms with E-state index in [9.17, 15) is 4.79 Å². The molecule has 2 aromatic heterocycles. The van der Waals surface area contributed by atoms with Crippen LogP contribution in [-0.2, 0) is 10.3 Å². The van der Waals surface area contributed by atoms with E-state index in [0.29, 0.717) is 18.0 Å². The summed E-state index contributed by atoms with van der Waals surface area (Å²) in [6.45, 7) is 6.00. The van der Waals surface area contributed by atoms with Crippen molar-refractivity contribution in [1.82, 2.24) is 9.97 Å². The van der Waals surface area contributed by atoms with Crippen LogP contribution in [0.25, 0.3) is 0 Å². The molecule has 0 radical (unpaired) electrons. The molecule has 0 spiro atoms. The van der Waals surface area contributed by atoms with Gasteiger partial charge in [0.2, 0.25) is 0 Å². The predicted molar refractivity (Wildman–Crippen MR) is 83.4 cm³/mol. The second kappa shape index (κ2) is 6.09. The molecule has 0 amide bonds. The Bertz CT molecular complexity index is 626. The average Bonchev–Trinajstić information content (AvgIpc) is 2.96. The van der Waals surface area contributed by atoms with Crippen LogP contribution in [0.2, 0.25) is 0 Å². The van der Waals surface area contributed by atoms with Gasteiger partial charge in [0.1, 0.15) is 5.01 Å². The number of carbonyl (C=O) groups is 1. The normalized spacial score (nSPS) is 11.2. The monoisotopic (exact) mass is 306 g/mol. The number of nitrogens with one attached hydrogen (secondary N) is 1. The molecule has 2 heterocycles. The average molecular weight is 306 g/mol. The van der Waals surface area contributed by atoms with Crippen molar-refractivity contribution < 1.29 is 9.53 Å². The van der Waals surface area contributed by atoms with Crippen molar-refractivity contribution in [2.75, 3.05) is 17.7 Å². The Morgan fingerprint density at radius 2 is 2.19 bits per heavy atom. The van der Waals surface area contributed by atoms with E-state index in [4.69, 9.17) is 10.5 Å². The number of hydrogen-bond acceptors (Lipinski definition) is 7. The van der Waals surface area contributed by atoms with Gasteiger partial charge in [-0.1, -0.05) is 0 Å². The highest BCUT2D eigenvalue weighted by atomic mass is 32.1. The molecule has 3 N–H and O–H groups in total. The molecule has 0 bridgehead atoms. The zero-order valence-electron chi connectivity index (χ0n) is 12.2. The molecule has 0 saturated heterocycles. The van der Waals surface area contributed by atoms with Gasteiger partial charge in [0.05, 0.1) is 23.4 Å². The van der Waals surface area contributed by atoms with Crippen molar-refractivity contribution in [2.24, 2.45) is 0 Å². The van der Waals surface area contributed by atoms with Gasteiger partial charge in [-0.15, -0.1) is 11.3 Å². The molecule has 2 rings (SSSR count). The van der Waals surface area contributed by atoms with Crippen LogP contribution in [0.4, 0.5) is 11.5 Å². The van der Waals surface area contributed by atoms with E-state index in [1.165, 1.54) is 17.5 Å². The van der Waals surface area contributed by atoms with Crippen LogP contribution >= 0.6 is 11.3 Å². The lowest BCUT2D eigenvalue weighted by Gasteiger charge is -2.25. The Morgan fingerprint density at radius 3 is 2.81 bits per heavy atom. The lowest BCUT2D eigenvalue weighted by Crippen LogP contribution is -2.29. The molecule has 7 heteroatoms. The largest absolute Gasteiger partial charge is 0.462 e. The topological polar surface area (TPSA) is 90.1 Å². The van der Waals surface area contributed by atoms with E-state index in [2.05, 4.69) is 15.3 Å². The van der Waals surface area contributed by atoms with Crippen molar-refractivity contribution in [1.29, 1.82) is 0 Å². The minimum atomic E-state index is -0.451. The summed E-state index contributed by atoms with van der Waals surface area (Å²) in [5.41, 5.74) is 6.18. The molecule has 0 aromatic carbocycles. The molecule has 0 fully saturated rings. The zero-order valence-corrected chi connectivity index (χ0v) is 13.0. The minimum absolute atomic E-state index is 0.278. The highest BCUT2D eigenvalue weighted by Gasteiger charge is 2.25. The summed E-state index contributed by atoms with van der Waals surface area (Å²) >= 11 is 1.54. The fourth-order valence-electron chi connectivity index (χ4n) is 1.84. The number of anilines is 2. The van der Waals surface area contributed by atoms with Crippen molar-refractivity contribution in [3.8, 4) is 0 Å². The van der Waals surface area contributed by atoms with Crippen LogP contribution in [-0.4, -0.2) is 22.5 Å². The number of aromatic nitrogens is 2. The van der Waals surface area contributed by atoms with Crippen LogP contribution < -0.4 is 11.1 Å². The number of pyridine rings is 1. The van der Waals surface area contributed by atoms with E-state index in [1.54, 1.807) is 19.2 Å². The first-order chi connectivity index (χ1) is 9.95. The molecule has 0 aliphatic carbocycles. The molecule has 0 saturated carbocycles. The molecular formula is C14H18N4O2S. The summed E-state index contributed by atoms with van der Waals surface area (Å²) in [7, 11) is 0. The molecule has 0 aliphatic heterocycles. The van der Waals surface area contributed by atoms with Gasteiger partial charge in [0, 0.05) is 17.8 Å². The van der Waals surface area contributed by atoms with E-state index in [1.807, 2.05) is 19.2 Å². The van der Waals surface area contributed by atoms with Crippen LogP contribution in [0, 0.1) is 0 Å². The zero-order chi connectivity index (χ0) is 15.5. The van der Waals surface area contributed by atoms with Gasteiger partial charge < -0.3 is 15.8 Å². The third kappa shape index (κ3) is 3.30. The summed E-state index contributed by atoms with van der Waals surface area (Å²) in [6.07, 6.45) is 3.28. The summed E-state index contributed by atoms with van der Waals surface area (Å²) < 4.78 is 4.98. The lowest BCUT2D eigenvalue weighted by molar-refractivity contribution is 0.0527. The highest BCUT2D eigenvalue weighted by molar-refractivity contribution is 7.09. The third-order valence-electron chi connectivity index (χ3n) is 2.88. The van der Waals surface area contributed by atoms with Gasteiger partial charge in [-0.25, -0.2) is 14.8 Å². The van der Waals surface area contributed by atoms with Gasteiger partial charge in [-0.05, 0) is 26.8 Å². The number of nitrogen functional groups attached to an aromatic ring is 1. The molecule has 112 valence electrons. The first-order valence-electron chi connectivity index (χ1n) is 6.55. The Kier molecular flexibility index (Phi) is 4.42. The number of nitrogens with two attached hydrogens (primary N) is 1. The van der Waals surface area contributed by atoms with E-state index >= 15 is 0 Å². The van der Waals surface area contributed by atoms with Crippen molar-refractivity contribution in [2.45, 2.75) is 26.3 Å². The molecule has 6 nitrogen and oxygen atoms in total. The second-order valence-corrected chi connectivity index (χ2v) is 5.82. The maximum atomic E-state index is 11.8. The number of thiazole rings is 1. The van der Waals surface area contributed by atoms with Crippen LogP contribution in [0.5, 0.6) is 0 Å². The van der Waals surface area contributed by atoms with Gasteiger partial charge in [0.15, 0.2) is 5.82 Å². The van der Waals surface area contributed by atoms with E-state index < -0.39 is 11.5 Å². The van der Waals surface area contributed by atoms with Crippen LogP contribution in [0.3, 0.4) is 0 Å². The molecular weight excluding hydrogens is 288 g/mol. The highest BCUT2D eigenvalue weighted by Crippen LogP contribution is 2.30. The van der Waals surface area contributed by atoms with Crippen LogP contribution in [0.1, 0.15) is 36.1 Å². The summed E-state index contributed by atoms with van der Waals surface area (Å²) in [5.74, 6) is -0.00624. The van der Waals surface area contributed by atoms with Gasteiger partial charge in [0.25, 0.3) is 0 Å². The van der Waals surface area contributed by atoms with Gasteiger partial charge in [-0.3, -0.25) is 0 Å². The number of ether oxygens (including phenoxy) is 1. The quantitative estimate of drug-likeness (QED) is 0.825. The summed E-state index contributed by atoms with van der Waals surface area (Å²) in [5, 5.41) is 6.05. The number of hydrogen-bond donors (Lipinski definition) is 2. The van der Waals surface area contributed by atoms with Gasteiger partial charge in [-0.2, -0.15) is 0 Å². The van der Waals surface area contributed by atoms with Crippen molar-refractivity contribution >= 4 is 28.8 Å². The van der Waals surface area contributed by atoms with E-state index in [-0.39, 0.29) is 5.69 Å². The lowest BCUT2D eigenvalue weighted by atomic mass is 10.1. The Hall–Kier alpha value is -2.15. The Labute approximate surface area is 127 Å². The third-order valence-corrected chi connectivity index (χ3v) is 3.98. The minimum Gasteiger partial charge on any atom is -0.462 e. The maximum absolute atomic E-state index is 11.8. The first-order valence-corrected chi connectivity index (χ1v) is 7.43. The van der Waals surface area contributed by atoms with Crippen molar-refractivity contribution in [3.05, 3.63) is 34.4 Å². The Morgan fingerprint density at radius 1 is 1.43 bits per heavy atom. The number of esters is 1. The molecule has 21 heavy (non-hydrogen) atoms. The molecule has 2 aromatic rings. The smallest absolute Gasteiger partial charge is 0.340 e. The second-order valence-electron chi connectivity index (χ2n) is 4.93. The van der Waals surface area contributed by atoms with Crippen LogP contribution in [0.15, 0.2) is 23.8 Å². The number of nitrogens with zero attached hydrogens (tertiary/aromatic N) is 2. The SMILES string of the molecule is CCOC(=O)c1ccnc(NC(C)(C)c2nccs2)c1N. The summed E-state index contributed by atoms with van der Waals surface area (Å²) in [4.78, 5) is 20.3. The molecule has 0 atom stereocenters. The molecule has 0 aliphatic rings. The van der Waals surface area contributed by atoms with Crippen molar-refractivity contribution in [3.63, 3.8) is 0 Å². The maximum Gasteiger partial charge on any atom is 0.340 e. The number of rotatable bonds is 5. The summed E-state index contributed by atoms with van der Waals surface area (Å²) in [6, 6.07) is 1.55.